The highest BCUT2D eigenvalue weighted by Crippen LogP contribution is 2.19. The third-order valence-corrected chi connectivity index (χ3v) is 2.28. The molecule has 0 aliphatic rings. The maximum Gasteiger partial charge on any atom is 0.397 e. The Bertz CT molecular complexity index is 416. The minimum absolute atomic E-state index is 0.0938. The molecule has 100 valence electrons. The average Bonchev–Trinajstić information content (AvgIpc) is 2.24. The molecule has 18 heavy (non-hydrogen) atoms. The summed E-state index contributed by atoms with van der Waals surface area (Å²) in [5.74, 6) is -1.02. The van der Waals surface area contributed by atoms with Gasteiger partial charge in [-0.25, -0.2) is 0 Å². The van der Waals surface area contributed by atoms with E-state index in [2.05, 4.69) is 5.32 Å². The highest BCUT2D eigenvalue weighted by Gasteiger charge is 2.30. The number of halogens is 3. The van der Waals surface area contributed by atoms with Crippen LogP contribution in [0.3, 0.4) is 0 Å². The summed E-state index contributed by atoms with van der Waals surface area (Å²) in [5, 5.41) is 2.24. The molecule has 0 radical (unpaired) electrons. The lowest BCUT2D eigenvalue weighted by atomic mass is 10.2. The molecule has 0 fully saturated rings. The van der Waals surface area contributed by atoms with E-state index in [1.54, 1.807) is 12.1 Å². The van der Waals surface area contributed by atoms with Crippen molar-refractivity contribution in [2.75, 3.05) is 19.0 Å². The number of benzene rings is 1. The minimum Gasteiger partial charge on any atom is -0.378 e. The molecule has 0 saturated carbocycles. The fourth-order valence-electron chi connectivity index (χ4n) is 1.39. The third-order valence-electron chi connectivity index (χ3n) is 2.28. The van der Waals surface area contributed by atoms with E-state index >= 15 is 0 Å². The minimum atomic E-state index is -4.46. The molecular formula is C12H15F3N2O. The topological polar surface area (TPSA) is 32.3 Å². The molecule has 0 aromatic heterocycles. The Morgan fingerprint density at radius 2 is 2.00 bits per heavy atom. The summed E-state index contributed by atoms with van der Waals surface area (Å²) in [5.41, 5.74) is 1.69. The number of anilines is 1. The van der Waals surface area contributed by atoms with Crippen molar-refractivity contribution in [3.05, 3.63) is 29.8 Å². The monoisotopic (exact) mass is 260 g/mol. The maximum atomic E-state index is 11.9. The van der Waals surface area contributed by atoms with Crippen LogP contribution in [0.15, 0.2) is 24.3 Å². The van der Waals surface area contributed by atoms with Crippen LogP contribution in [0.5, 0.6) is 0 Å². The van der Waals surface area contributed by atoms with Gasteiger partial charge in [0.25, 0.3) is 0 Å². The Labute approximate surface area is 104 Å². The quantitative estimate of drug-likeness (QED) is 0.901. The van der Waals surface area contributed by atoms with Crippen molar-refractivity contribution in [1.82, 2.24) is 5.32 Å². The number of alkyl halides is 3. The van der Waals surface area contributed by atoms with Gasteiger partial charge in [-0.3, -0.25) is 4.79 Å². The normalized spacial score (nSPS) is 11.2. The van der Waals surface area contributed by atoms with Crippen LogP contribution in [0, 0.1) is 0 Å². The van der Waals surface area contributed by atoms with Gasteiger partial charge in [0.2, 0.25) is 5.91 Å². The van der Waals surface area contributed by atoms with Crippen molar-refractivity contribution < 1.29 is 18.0 Å². The summed E-state index contributed by atoms with van der Waals surface area (Å²) in [4.78, 5) is 12.9. The Kier molecular flexibility index (Phi) is 4.58. The van der Waals surface area contributed by atoms with E-state index in [1.807, 2.05) is 31.1 Å². The molecule has 1 aromatic carbocycles. The molecule has 0 atom stereocenters. The van der Waals surface area contributed by atoms with E-state index in [-0.39, 0.29) is 6.54 Å². The third kappa shape index (κ3) is 5.07. The number of hydrogen-bond donors (Lipinski definition) is 1. The van der Waals surface area contributed by atoms with Crippen molar-refractivity contribution in [2.24, 2.45) is 0 Å². The molecule has 1 aromatic rings. The van der Waals surface area contributed by atoms with Crippen molar-refractivity contribution in [3.8, 4) is 0 Å². The van der Waals surface area contributed by atoms with Gasteiger partial charge in [-0.15, -0.1) is 0 Å². The zero-order valence-corrected chi connectivity index (χ0v) is 10.2. The van der Waals surface area contributed by atoms with Crippen molar-refractivity contribution in [2.45, 2.75) is 19.1 Å². The Morgan fingerprint density at radius 3 is 2.56 bits per heavy atom. The first kappa shape index (κ1) is 14.3. The van der Waals surface area contributed by atoms with Crippen LogP contribution in [0.1, 0.15) is 12.0 Å². The second kappa shape index (κ2) is 5.75. The molecule has 0 heterocycles. The molecule has 1 N–H and O–H groups in total. The Morgan fingerprint density at radius 1 is 1.33 bits per heavy atom. The van der Waals surface area contributed by atoms with E-state index in [0.717, 1.165) is 11.3 Å². The second-order valence-electron chi connectivity index (χ2n) is 4.13. The number of hydrogen-bond acceptors (Lipinski definition) is 2. The summed E-state index contributed by atoms with van der Waals surface area (Å²) in [6.45, 7) is 0.0938. The summed E-state index contributed by atoms with van der Waals surface area (Å²) in [6, 6.07) is 7.23. The Hall–Kier alpha value is -1.72. The van der Waals surface area contributed by atoms with Crippen LogP contribution < -0.4 is 10.2 Å². The largest absolute Gasteiger partial charge is 0.397 e. The number of carbonyl (C=O) groups excluding carboxylic acids is 1. The van der Waals surface area contributed by atoms with Gasteiger partial charge in [0.05, 0.1) is 0 Å². The van der Waals surface area contributed by atoms with Crippen molar-refractivity contribution >= 4 is 11.6 Å². The van der Waals surface area contributed by atoms with Gasteiger partial charge in [0.1, 0.15) is 6.42 Å². The highest BCUT2D eigenvalue weighted by atomic mass is 19.4. The highest BCUT2D eigenvalue weighted by molar-refractivity contribution is 5.76. The molecule has 3 nitrogen and oxygen atoms in total. The van der Waals surface area contributed by atoms with E-state index < -0.39 is 18.5 Å². The molecule has 0 aliphatic heterocycles. The zero-order valence-electron chi connectivity index (χ0n) is 10.2. The first-order chi connectivity index (χ1) is 8.28. The molecule has 1 rings (SSSR count). The van der Waals surface area contributed by atoms with Gasteiger partial charge >= 0.3 is 6.18 Å². The molecule has 0 saturated heterocycles. The van der Waals surface area contributed by atoms with E-state index in [4.69, 9.17) is 0 Å². The number of rotatable bonds is 4. The van der Waals surface area contributed by atoms with Crippen LogP contribution in [0.25, 0.3) is 0 Å². The average molecular weight is 260 g/mol. The molecule has 1 amide bonds. The smallest absolute Gasteiger partial charge is 0.378 e. The number of carbonyl (C=O) groups is 1. The van der Waals surface area contributed by atoms with Gasteiger partial charge < -0.3 is 10.2 Å². The van der Waals surface area contributed by atoms with Crippen molar-refractivity contribution in [3.63, 3.8) is 0 Å². The van der Waals surface area contributed by atoms with Crippen LogP contribution >= 0.6 is 0 Å². The maximum absolute atomic E-state index is 11.9. The number of nitrogens with zero attached hydrogens (tertiary/aromatic N) is 1. The van der Waals surface area contributed by atoms with Gasteiger partial charge in [0, 0.05) is 26.3 Å². The lowest BCUT2D eigenvalue weighted by Crippen LogP contribution is -2.28. The van der Waals surface area contributed by atoms with Crippen LogP contribution in [-0.4, -0.2) is 26.2 Å². The number of nitrogens with one attached hydrogen (secondary N) is 1. The second-order valence-corrected chi connectivity index (χ2v) is 4.13. The first-order valence-corrected chi connectivity index (χ1v) is 5.37. The molecule has 0 bridgehead atoms. The standard InChI is InChI=1S/C12H15F3N2O/c1-17(2)10-5-3-4-9(6-10)8-16-11(18)7-12(13,14)15/h3-6H,7-8H2,1-2H3,(H,16,18). The van der Waals surface area contributed by atoms with Gasteiger partial charge in [0.15, 0.2) is 0 Å². The molecule has 0 unspecified atom stereocenters. The Balaban J connectivity index is 2.53. The summed E-state index contributed by atoms with van der Waals surface area (Å²) in [6.07, 6.45) is -5.91. The van der Waals surface area contributed by atoms with Crippen LogP contribution in [0.4, 0.5) is 18.9 Å². The van der Waals surface area contributed by atoms with E-state index in [1.165, 1.54) is 0 Å². The molecule has 0 spiro atoms. The van der Waals surface area contributed by atoms with Crippen LogP contribution in [-0.2, 0) is 11.3 Å². The number of amides is 1. The van der Waals surface area contributed by atoms with E-state index in [9.17, 15) is 18.0 Å². The summed E-state index contributed by atoms with van der Waals surface area (Å²) in [7, 11) is 3.72. The lowest BCUT2D eigenvalue weighted by Gasteiger charge is -2.14. The van der Waals surface area contributed by atoms with Gasteiger partial charge in [-0.2, -0.15) is 13.2 Å². The summed E-state index contributed by atoms with van der Waals surface area (Å²) >= 11 is 0. The van der Waals surface area contributed by atoms with Gasteiger partial charge in [-0.05, 0) is 17.7 Å². The van der Waals surface area contributed by atoms with Crippen LogP contribution in [0.2, 0.25) is 0 Å². The lowest BCUT2D eigenvalue weighted by molar-refractivity contribution is -0.153. The molecule has 6 heteroatoms. The molecular weight excluding hydrogens is 245 g/mol. The SMILES string of the molecule is CN(C)c1cccc(CNC(=O)CC(F)(F)F)c1. The predicted molar refractivity (Wildman–Crippen MR) is 63.3 cm³/mol. The zero-order chi connectivity index (χ0) is 13.8. The summed E-state index contributed by atoms with van der Waals surface area (Å²) < 4.78 is 35.8. The fraction of sp³-hybridized carbons (Fsp3) is 0.417. The first-order valence-electron chi connectivity index (χ1n) is 5.37. The molecule has 0 aliphatic carbocycles. The van der Waals surface area contributed by atoms with E-state index in [0.29, 0.717) is 0 Å². The van der Waals surface area contributed by atoms with Crippen molar-refractivity contribution in [1.29, 1.82) is 0 Å². The predicted octanol–water partition coefficient (Wildman–Crippen LogP) is 2.32. The fourth-order valence-corrected chi connectivity index (χ4v) is 1.39. The van der Waals surface area contributed by atoms with Gasteiger partial charge in [-0.1, -0.05) is 12.1 Å².